The molecule has 0 spiro atoms. The third kappa shape index (κ3) is 3.66. The van der Waals surface area contributed by atoms with Crippen molar-refractivity contribution in [3.63, 3.8) is 0 Å². The topological polar surface area (TPSA) is 52.0 Å². The Kier molecular flexibility index (Phi) is 5.17. The van der Waals surface area contributed by atoms with Gasteiger partial charge < -0.3 is 19.7 Å². The first-order chi connectivity index (χ1) is 13.7. The van der Waals surface area contributed by atoms with Gasteiger partial charge in [-0.25, -0.2) is 0 Å². The fourth-order valence-electron chi connectivity index (χ4n) is 3.94. The average Bonchev–Trinajstić information content (AvgIpc) is 2.73. The van der Waals surface area contributed by atoms with Crippen molar-refractivity contribution in [2.75, 3.05) is 32.6 Å². The van der Waals surface area contributed by atoms with Gasteiger partial charge in [0.15, 0.2) is 18.0 Å². The number of ether oxygens (including phenoxy) is 2. The van der Waals surface area contributed by atoms with Crippen LogP contribution in [0.1, 0.15) is 11.1 Å². The van der Waals surface area contributed by atoms with E-state index in [9.17, 15) is 4.79 Å². The molecule has 2 N–H and O–H groups in total. The minimum absolute atomic E-state index is 0.0373. The number of anilines is 1. The molecule has 0 radical (unpaired) electrons. The summed E-state index contributed by atoms with van der Waals surface area (Å²) in [6.45, 7) is 2.17. The van der Waals surface area contributed by atoms with Crippen molar-refractivity contribution in [1.82, 2.24) is 0 Å². The Bertz CT molecular complexity index is 1010. The van der Waals surface area contributed by atoms with Crippen LogP contribution in [0.25, 0.3) is 10.8 Å². The van der Waals surface area contributed by atoms with Gasteiger partial charge in [0, 0.05) is 23.1 Å². The van der Waals surface area contributed by atoms with E-state index in [1.165, 1.54) is 16.0 Å². The van der Waals surface area contributed by atoms with Crippen molar-refractivity contribution in [1.29, 1.82) is 0 Å². The molecule has 1 aliphatic heterocycles. The third-order valence-corrected chi connectivity index (χ3v) is 5.37. The van der Waals surface area contributed by atoms with E-state index in [-0.39, 0.29) is 5.91 Å². The maximum absolute atomic E-state index is 12.7. The molecule has 28 heavy (non-hydrogen) atoms. The van der Waals surface area contributed by atoms with Crippen LogP contribution in [0.5, 0.6) is 11.5 Å². The standard InChI is InChI=1S/C23H24N2O3/c1-27-21-12-17-10-11-25(14-18(17)13-22(21)28-2)15-23(26)24-20-9-5-7-16-6-3-4-8-19(16)20/h3-9,12-13H,10-11,14-15H2,1-2H3,(H,24,26)/p+1. The Labute approximate surface area is 164 Å². The minimum atomic E-state index is 0.0373. The predicted molar refractivity (Wildman–Crippen MR) is 110 cm³/mol. The number of amides is 1. The lowest BCUT2D eigenvalue weighted by Gasteiger charge is -2.26. The van der Waals surface area contributed by atoms with Crippen molar-refractivity contribution >= 4 is 22.4 Å². The van der Waals surface area contributed by atoms with Crippen LogP contribution >= 0.6 is 0 Å². The summed E-state index contributed by atoms with van der Waals surface area (Å²) in [5, 5.41) is 5.28. The number of rotatable bonds is 5. The van der Waals surface area contributed by atoms with Gasteiger partial charge in [0.2, 0.25) is 0 Å². The Morgan fingerprint density at radius 2 is 1.71 bits per heavy atom. The molecule has 1 unspecified atom stereocenters. The van der Waals surface area contributed by atoms with Gasteiger partial charge in [-0.05, 0) is 29.1 Å². The van der Waals surface area contributed by atoms with E-state index in [0.29, 0.717) is 6.54 Å². The highest BCUT2D eigenvalue weighted by atomic mass is 16.5. The van der Waals surface area contributed by atoms with Gasteiger partial charge in [-0.3, -0.25) is 4.79 Å². The molecule has 1 aliphatic rings. The molecule has 4 rings (SSSR count). The lowest BCUT2D eigenvalue weighted by molar-refractivity contribution is -0.907. The van der Waals surface area contributed by atoms with E-state index in [1.807, 2.05) is 36.4 Å². The number of hydrogen-bond donors (Lipinski definition) is 2. The molecular weight excluding hydrogens is 352 g/mol. The van der Waals surface area contributed by atoms with Crippen LogP contribution in [0.4, 0.5) is 5.69 Å². The summed E-state index contributed by atoms with van der Waals surface area (Å²) in [4.78, 5) is 13.9. The van der Waals surface area contributed by atoms with E-state index in [0.717, 1.165) is 47.5 Å². The average molecular weight is 377 g/mol. The van der Waals surface area contributed by atoms with Crippen molar-refractivity contribution < 1.29 is 19.2 Å². The van der Waals surface area contributed by atoms with Crippen LogP contribution in [-0.2, 0) is 17.8 Å². The third-order valence-electron chi connectivity index (χ3n) is 5.37. The molecule has 0 bridgehead atoms. The van der Waals surface area contributed by atoms with Crippen LogP contribution in [0.3, 0.4) is 0 Å². The summed E-state index contributed by atoms with van der Waals surface area (Å²) in [5.41, 5.74) is 3.36. The Morgan fingerprint density at radius 1 is 1.00 bits per heavy atom. The normalized spacial score (nSPS) is 15.7. The first kappa shape index (κ1) is 18.3. The Hall–Kier alpha value is -3.05. The van der Waals surface area contributed by atoms with Gasteiger partial charge in [0.25, 0.3) is 5.91 Å². The maximum atomic E-state index is 12.7. The van der Waals surface area contributed by atoms with Gasteiger partial charge in [-0.2, -0.15) is 0 Å². The zero-order chi connectivity index (χ0) is 19.5. The van der Waals surface area contributed by atoms with E-state index >= 15 is 0 Å². The summed E-state index contributed by atoms with van der Waals surface area (Å²) in [6.07, 6.45) is 0.923. The molecule has 0 aliphatic carbocycles. The molecule has 0 saturated carbocycles. The number of carbonyl (C=O) groups is 1. The number of fused-ring (bicyclic) bond motifs is 2. The molecule has 3 aromatic carbocycles. The van der Waals surface area contributed by atoms with Crippen LogP contribution in [0, 0.1) is 0 Å². The zero-order valence-corrected chi connectivity index (χ0v) is 16.2. The second kappa shape index (κ2) is 7.90. The van der Waals surface area contributed by atoms with Crippen LogP contribution in [0.2, 0.25) is 0 Å². The van der Waals surface area contributed by atoms with Gasteiger partial charge >= 0.3 is 0 Å². The minimum Gasteiger partial charge on any atom is -0.493 e. The Balaban J connectivity index is 1.46. The Morgan fingerprint density at radius 3 is 2.50 bits per heavy atom. The van der Waals surface area contributed by atoms with E-state index in [2.05, 4.69) is 23.5 Å². The smallest absolute Gasteiger partial charge is 0.279 e. The maximum Gasteiger partial charge on any atom is 0.279 e. The van der Waals surface area contributed by atoms with Gasteiger partial charge in [0.1, 0.15) is 6.54 Å². The monoisotopic (exact) mass is 377 g/mol. The van der Waals surface area contributed by atoms with Crippen LogP contribution in [0.15, 0.2) is 54.6 Å². The van der Waals surface area contributed by atoms with Crippen molar-refractivity contribution in [2.45, 2.75) is 13.0 Å². The molecule has 5 nitrogen and oxygen atoms in total. The molecule has 5 heteroatoms. The number of benzene rings is 3. The highest BCUT2D eigenvalue weighted by Crippen LogP contribution is 2.31. The highest BCUT2D eigenvalue weighted by molar-refractivity contribution is 6.02. The second-order valence-electron chi connectivity index (χ2n) is 7.15. The van der Waals surface area contributed by atoms with E-state index in [1.54, 1.807) is 14.2 Å². The molecule has 0 fully saturated rings. The van der Waals surface area contributed by atoms with Crippen molar-refractivity contribution in [3.05, 3.63) is 65.7 Å². The largest absolute Gasteiger partial charge is 0.493 e. The molecular formula is C23H25N2O3+. The van der Waals surface area contributed by atoms with Gasteiger partial charge in [-0.15, -0.1) is 0 Å². The number of carbonyl (C=O) groups excluding carboxylic acids is 1. The number of quaternary nitrogens is 1. The van der Waals surface area contributed by atoms with E-state index in [4.69, 9.17) is 9.47 Å². The molecule has 0 aromatic heterocycles. The molecule has 0 saturated heterocycles. The molecule has 1 heterocycles. The van der Waals surface area contributed by atoms with Crippen molar-refractivity contribution in [3.8, 4) is 11.5 Å². The number of hydrogen-bond acceptors (Lipinski definition) is 3. The summed E-state index contributed by atoms with van der Waals surface area (Å²) >= 11 is 0. The fourth-order valence-corrected chi connectivity index (χ4v) is 3.94. The fraction of sp³-hybridized carbons (Fsp3) is 0.261. The predicted octanol–water partition coefficient (Wildman–Crippen LogP) is 2.44. The highest BCUT2D eigenvalue weighted by Gasteiger charge is 2.24. The summed E-state index contributed by atoms with van der Waals surface area (Å²) in [6, 6.07) is 18.2. The number of nitrogens with one attached hydrogen (secondary N) is 2. The summed E-state index contributed by atoms with van der Waals surface area (Å²) < 4.78 is 10.8. The number of methoxy groups -OCH3 is 2. The van der Waals surface area contributed by atoms with Crippen molar-refractivity contribution in [2.24, 2.45) is 0 Å². The summed E-state index contributed by atoms with van der Waals surface area (Å²) in [5.74, 6) is 1.54. The first-order valence-corrected chi connectivity index (χ1v) is 9.53. The SMILES string of the molecule is COc1cc2c(cc1OC)C[NH+](CC(=O)Nc1cccc3ccccc13)CC2. The van der Waals surface area contributed by atoms with Gasteiger partial charge in [-0.1, -0.05) is 36.4 Å². The molecule has 1 amide bonds. The van der Waals surface area contributed by atoms with Crippen LogP contribution in [-0.4, -0.2) is 33.2 Å². The molecule has 1 atom stereocenters. The first-order valence-electron chi connectivity index (χ1n) is 9.53. The summed E-state index contributed by atoms with van der Waals surface area (Å²) in [7, 11) is 3.30. The quantitative estimate of drug-likeness (QED) is 0.718. The molecule has 3 aromatic rings. The van der Waals surface area contributed by atoms with Crippen LogP contribution < -0.4 is 19.7 Å². The van der Waals surface area contributed by atoms with E-state index < -0.39 is 0 Å². The zero-order valence-electron chi connectivity index (χ0n) is 16.2. The molecule has 144 valence electrons. The lowest BCUT2D eigenvalue weighted by Crippen LogP contribution is -3.12. The second-order valence-corrected chi connectivity index (χ2v) is 7.15. The van der Waals surface area contributed by atoms with Gasteiger partial charge in [0.05, 0.1) is 20.8 Å². The lowest BCUT2D eigenvalue weighted by atomic mass is 9.99.